The van der Waals surface area contributed by atoms with E-state index < -0.39 is 29.4 Å². The number of hydrogen-bond donors (Lipinski definition) is 1. The van der Waals surface area contributed by atoms with Crippen LogP contribution in [-0.2, 0) is 44.2 Å². The summed E-state index contributed by atoms with van der Waals surface area (Å²) in [4.78, 5) is 45.9. The van der Waals surface area contributed by atoms with Crippen LogP contribution in [0.5, 0.6) is 11.5 Å². The SMILES string of the molecule is CCc1c2c(nc3cc4c(c(N)c13)OC(F)(F)O4)-c1cc3c(c(=O)n1C2)COC(=O)C3(CC)OC(=O)CN(C)C. The highest BCUT2D eigenvalue weighted by molar-refractivity contribution is 6.01. The number of aryl methyl sites for hydroxylation is 1. The van der Waals surface area contributed by atoms with E-state index >= 15 is 0 Å². The molecule has 13 heteroatoms. The lowest BCUT2D eigenvalue weighted by Gasteiger charge is -2.35. The maximum atomic E-state index is 13.9. The Labute approximate surface area is 226 Å². The Morgan fingerprint density at radius 3 is 2.62 bits per heavy atom. The van der Waals surface area contributed by atoms with Crippen LogP contribution in [0, 0.1) is 0 Å². The number of pyridine rings is 2. The van der Waals surface area contributed by atoms with Crippen LogP contribution in [-0.4, -0.2) is 53.3 Å². The van der Waals surface area contributed by atoms with Gasteiger partial charge in [-0.15, -0.1) is 8.78 Å². The number of ether oxygens (including phenoxy) is 4. The molecular formula is C27H26F2N4O7. The van der Waals surface area contributed by atoms with Crippen LogP contribution in [0.1, 0.15) is 42.5 Å². The molecule has 0 amide bonds. The van der Waals surface area contributed by atoms with E-state index in [2.05, 4.69) is 9.47 Å². The van der Waals surface area contributed by atoms with Gasteiger partial charge < -0.3 is 29.2 Å². The number of fused-ring (bicyclic) bond motifs is 6. The molecule has 3 aliphatic heterocycles. The molecule has 2 N–H and O–H groups in total. The molecule has 3 aliphatic rings. The van der Waals surface area contributed by atoms with Crippen LogP contribution in [0.25, 0.3) is 22.3 Å². The highest BCUT2D eigenvalue weighted by atomic mass is 19.3. The number of alkyl halides is 2. The van der Waals surface area contributed by atoms with Crippen LogP contribution in [0.4, 0.5) is 14.5 Å². The van der Waals surface area contributed by atoms with Gasteiger partial charge in [0.15, 0.2) is 11.5 Å². The van der Waals surface area contributed by atoms with E-state index in [9.17, 15) is 23.2 Å². The predicted molar refractivity (Wildman–Crippen MR) is 137 cm³/mol. The molecule has 3 aromatic rings. The Balaban J connectivity index is 1.58. The van der Waals surface area contributed by atoms with Gasteiger partial charge in [0.25, 0.3) is 5.56 Å². The van der Waals surface area contributed by atoms with Gasteiger partial charge in [0.1, 0.15) is 6.61 Å². The van der Waals surface area contributed by atoms with Crippen LogP contribution >= 0.6 is 0 Å². The second-order valence-corrected chi connectivity index (χ2v) is 10.2. The van der Waals surface area contributed by atoms with Gasteiger partial charge in [0.2, 0.25) is 5.60 Å². The molecule has 0 saturated carbocycles. The normalized spacial score (nSPS) is 19.8. The van der Waals surface area contributed by atoms with Crippen molar-refractivity contribution in [2.75, 3.05) is 26.4 Å². The lowest BCUT2D eigenvalue weighted by molar-refractivity contribution is -0.286. The first-order chi connectivity index (χ1) is 18.9. The van der Waals surface area contributed by atoms with Crippen molar-refractivity contribution in [3.05, 3.63) is 44.7 Å². The largest absolute Gasteiger partial charge is 0.586 e. The third-order valence-corrected chi connectivity index (χ3v) is 7.55. The molecule has 1 aromatic carbocycles. The van der Waals surface area contributed by atoms with Gasteiger partial charge in [-0.25, -0.2) is 9.78 Å². The summed E-state index contributed by atoms with van der Waals surface area (Å²) in [5, 5.41) is 0.436. The zero-order valence-corrected chi connectivity index (χ0v) is 22.2. The Morgan fingerprint density at radius 1 is 1.20 bits per heavy atom. The van der Waals surface area contributed by atoms with Crippen LogP contribution < -0.4 is 20.8 Å². The Kier molecular flexibility index (Phi) is 5.60. The minimum absolute atomic E-state index is 0.0313. The van der Waals surface area contributed by atoms with Crippen LogP contribution in [0.3, 0.4) is 0 Å². The number of anilines is 1. The summed E-state index contributed by atoms with van der Waals surface area (Å²) in [6.45, 7) is 3.33. The number of carbonyl (C=O) groups is 2. The van der Waals surface area contributed by atoms with Gasteiger partial charge >= 0.3 is 18.2 Å². The summed E-state index contributed by atoms with van der Waals surface area (Å²) in [5.74, 6) is -1.93. The number of likely N-dealkylation sites (N-methyl/N-ethyl adjacent to an activating group) is 1. The summed E-state index contributed by atoms with van der Waals surface area (Å²) < 4.78 is 49.6. The fourth-order valence-corrected chi connectivity index (χ4v) is 5.81. The summed E-state index contributed by atoms with van der Waals surface area (Å²) >= 11 is 0. The van der Waals surface area contributed by atoms with Crippen molar-refractivity contribution in [3.8, 4) is 22.9 Å². The molecule has 210 valence electrons. The van der Waals surface area contributed by atoms with E-state index in [-0.39, 0.29) is 59.9 Å². The van der Waals surface area contributed by atoms with Crippen molar-refractivity contribution < 1.29 is 37.3 Å². The summed E-state index contributed by atoms with van der Waals surface area (Å²) in [7, 11) is 3.37. The number of aromatic nitrogens is 2. The first-order valence-corrected chi connectivity index (χ1v) is 12.8. The van der Waals surface area contributed by atoms with E-state index in [0.717, 1.165) is 0 Å². The highest BCUT2D eigenvalue weighted by Crippen LogP contribution is 2.50. The number of esters is 2. The molecule has 11 nitrogen and oxygen atoms in total. The zero-order valence-electron chi connectivity index (χ0n) is 22.2. The quantitative estimate of drug-likeness (QED) is 0.289. The summed E-state index contributed by atoms with van der Waals surface area (Å²) in [6.07, 6.45) is -3.37. The molecule has 40 heavy (non-hydrogen) atoms. The van der Waals surface area contributed by atoms with Crippen molar-refractivity contribution in [2.24, 2.45) is 0 Å². The van der Waals surface area contributed by atoms with Gasteiger partial charge in [0.05, 0.1) is 41.2 Å². The van der Waals surface area contributed by atoms with E-state index in [1.807, 2.05) is 6.92 Å². The average Bonchev–Trinajstić information content (AvgIpc) is 3.40. The zero-order chi connectivity index (χ0) is 28.7. The number of nitrogens with zero attached hydrogens (tertiary/aromatic N) is 3. The number of rotatable bonds is 5. The van der Waals surface area contributed by atoms with Gasteiger partial charge in [-0.2, -0.15) is 0 Å². The Morgan fingerprint density at radius 2 is 1.95 bits per heavy atom. The second-order valence-electron chi connectivity index (χ2n) is 10.2. The molecular weight excluding hydrogens is 530 g/mol. The highest BCUT2D eigenvalue weighted by Gasteiger charge is 2.51. The molecule has 0 aliphatic carbocycles. The minimum atomic E-state index is -3.86. The maximum Gasteiger partial charge on any atom is 0.586 e. The number of benzene rings is 1. The molecule has 0 bridgehead atoms. The number of cyclic esters (lactones) is 1. The smallest absolute Gasteiger partial charge is 0.457 e. The van der Waals surface area contributed by atoms with Gasteiger partial charge in [-0.05, 0) is 38.6 Å². The van der Waals surface area contributed by atoms with Crippen molar-refractivity contribution in [3.63, 3.8) is 0 Å². The first kappa shape index (κ1) is 26.0. The summed E-state index contributed by atoms with van der Waals surface area (Å²) in [6, 6.07) is 2.97. The number of nitrogens with two attached hydrogens (primary N) is 1. The molecule has 0 saturated heterocycles. The monoisotopic (exact) mass is 556 g/mol. The van der Waals surface area contributed by atoms with Crippen LogP contribution in [0.15, 0.2) is 16.9 Å². The van der Waals surface area contributed by atoms with E-state index in [0.29, 0.717) is 34.3 Å². The fourth-order valence-electron chi connectivity index (χ4n) is 5.81. The number of nitrogen functional groups attached to an aromatic ring is 1. The van der Waals surface area contributed by atoms with Gasteiger partial charge in [-0.3, -0.25) is 14.5 Å². The molecule has 2 aromatic heterocycles. The number of carbonyl (C=O) groups excluding carboxylic acids is 2. The number of halogens is 2. The van der Waals surface area contributed by atoms with E-state index in [1.54, 1.807) is 32.0 Å². The third-order valence-electron chi connectivity index (χ3n) is 7.55. The Bertz CT molecular complexity index is 1700. The lowest BCUT2D eigenvalue weighted by Crippen LogP contribution is -2.48. The molecule has 5 heterocycles. The molecule has 6 rings (SSSR count). The van der Waals surface area contributed by atoms with Crippen molar-refractivity contribution in [2.45, 2.75) is 51.7 Å². The molecule has 0 spiro atoms. The molecule has 1 unspecified atom stereocenters. The lowest BCUT2D eigenvalue weighted by atomic mass is 9.85. The van der Waals surface area contributed by atoms with Crippen LogP contribution in [0.2, 0.25) is 0 Å². The van der Waals surface area contributed by atoms with Gasteiger partial charge in [-0.1, -0.05) is 13.8 Å². The third kappa shape index (κ3) is 3.56. The minimum Gasteiger partial charge on any atom is -0.457 e. The van der Waals surface area contributed by atoms with Crippen molar-refractivity contribution in [1.82, 2.24) is 14.5 Å². The topological polar surface area (TPSA) is 135 Å². The fraction of sp³-hybridized carbons (Fsp3) is 0.407. The van der Waals surface area contributed by atoms with Crippen molar-refractivity contribution >= 4 is 28.5 Å². The van der Waals surface area contributed by atoms with E-state index in [4.69, 9.17) is 20.2 Å². The first-order valence-electron chi connectivity index (χ1n) is 12.8. The molecule has 0 fully saturated rings. The van der Waals surface area contributed by atoms with Gasteiger partial charge in [0, 0.05) is 22.6 Å². The Hall–Kier alpha value is -4.26. The standard InChI is InChI=1S/C27H26F2N4O7/c1-5-12-13-9-33-17(22(13)31-16-8-18-23(21(30)20(12)16)40-27(28,29)38-18)7-15-14(24(33)35)11-37-25(36)26(15,6-2)39-19(34)10-32(3)4/h7-8H,5-6,9-11,30H2,1-4H3. The second kappa shape index (κ2) is 8.62. The number of hydrogen-bond acceptors (Lipinski definition) is 10. The molecule has 0 radical (unpaired) electrons. The van der Waals surface area contributed by atoms with Crippen molar-refractivity contribution in [1.29, 1.82) is 0 Å². The summed E-state index contributed by atoms with van der Waals surface area (Å²) in [5.41, 5.74) is 7.00. The average molecular weight is 557 g/mol. The maximum absolute atomic E-state index is 13.9. The predicted octanol–water partition coefficient (Wildman–Crippen LogP) is 2.66. The molecule has 1 atom stereocenters. The van der Waals surface area contributed by atoms with E-state index in [1.165, 1.54) is 10.6 Å².